The van der Waals surface area contributed by atoms with Gasteiger partial charge >= 0.3 is 0 Å². The zero-order valence-electron chi connectivity index (χ0n) is 19.4. The molecule has 0 aliphatic heterocycles. The quantitative estimate of drug-likeness (QED) is 0.405. The van der Waals surface area contributed by atoms with Crippen molar-refractivity contribution >= 4 is 15.8 Å². The van der Waals surface area contributed by atoms with Crippen LogP contribution in [0.1, 0.15) is 94.5 Å². The molecule has 0 N–H and O–H groups in total. The van der Waals surface area contributed by atoms with E-state index in [1.165, 1.54) is 11.4 Å². The highest BCUT2D eigenvalue weighted by atomic mass is 31.1. The molecule has 0 aliphatic carbocycles. The molecule has 1 aromatic rings. The third-order valence-electron chi connectivity index (χ3n) is 5.52. The average Bonchev–Trinajstić information content (AvgIpc) is 2.44. The second-order valence-electron chi connectivity index (χ2n) is 9.72. The molecule has 0 unspecified atom stereocenters. The lowest BCUT2D eigenvalue weighted by Crippen LogP contribution is -2.28. The Labute approximate surface area is 166 Å². The first-order chi connectivity index (χ1) is 11.7. The summed E-state index contributed by atoms with van der Waals surface area (Å²) < 4.78 is 0. The summed E-state index contributed by atoms with van der Waals surface area (Å²) in [5.74, 6) is 0. The number of pyridine rings is 1. The van der Waals surface area contributed by atoms with E-state index in [2.05, 4.69) is 101 Å². The molecule has 0 atom stereocenters. The Morgan fingerprint density at radius 3 is 1.12 bits per heavy atom. The first-order valence-corrected chi connectivity index (χ1v) is 13.3. The van der Waals surface area contributed by atoms with E-state index in [0.717, 1.165) is 0 Å². The van der Waals surface area contributed by atoms with Crippen LogP contribution in [0, 0.1) is 0 Å². The van der Waals surface area contributed by atoms with Crippen molar-refractivity contribution in [3.05, 3.63) is 29.6 Å². The van der Waals surface area contributed by atoms with Gasteiger partial charge in [0.1, 0.15) is 0 Å². The Bertz CT molecular complexity index is 510. The summed E-state index contributed by atoms with van der Waals surface area (Å²) in [5, 5.41) is 0.282. The van der Waals surface area contributed by atoms with Crippen LogP contribution in [0.15, 0.2) is 18.2 Å². The van der Waals surface area contributed by atoms with E-state index in [9.17, 15) is 0 Å². The van der Waals surface area contributed by atoms with E-state index < -0.39 is 0 Å². The van der Waals surface area contributed by atoms with Gasteiger partial charge in [0.15, 0.2) is 0 Å². The summed E-state index contributed by atoms with van der Waals surface area (Å²) in [6.45, 7) is 28.8. The molecule has 0 aliphatic rings. The van der Waals surface area contributed by atoms with Gasteiger partial charge in [0, 0.05) is 10.3 Å². The van der Waals surface area contributed by atoms with Crippen molar-refractivity contribution in [3.8, 4) is 0 Å². The number of rotatable bonds is 8. The minimum absolute atomic E-state index is 0.141. The summed E-state index contributed by atoms with van der Waals surface area (Å²) in [6, 6.07) is 6.79. The molecule has 1 rings (SSSR count). The first kappa shape index (κ1) is 24.0. The van der Waals surface area contributed by atoms with Crippen LogP contribution in [0.25, 0.3) is 0 Å². The van der Waals surface area contributed by atoms with Crippen LogP contribution in [0.4, 0.5) is 0 Å². The first-order valence-electron chi connectivity index (χ1n) is 10.3. The van der Waals surface area contributed by atoms with Gasteiger partial charge in [0.25, 0.3) is 0 Å². The van der Waals surface area contributed by atoms with Gasteiger partial charge in [-0.3, -0.25) is 4.98 Å². The highest BCUT2D eigenvalue weighted by Gasteiger charge is 2.39. The molecular formula is C23H43NP2. The zero-order chi connectivity index (χ0) is 20.4. The smallest absolute Gasteiger partial charge is 0.0506 e. The van der Waals surface area contributed by atoms with Crippen molar-refractivity contribution in [2.75, 3.05) is 0 Å². The molecule has 1 heterocycles. The molecule has 0 bridgehead atoms. The maximum absolute atomic E-state index is 5.32. The van der Waals surface area contributed by atoms with Gasteiger partial charge in [-0.1, -0.05) is 105 Å². The fourth-order valence-corrected chi connectivity index (χ4v) is 13.5. The van der Waals surface area contributed by atoms with E-state index >= 15 is 0 Å². The number of hydrogen-bond donors (Lipinski definition) is 0. The topological polar surface area (TPSA) is 12.9 Å². The lowest BCUT2D eigenvalue weighted by molar-refractivity contribution is 0.661. The van der Waals surface area contributed by atoms with Crippen molar-refractivity contribution < 1.29 is 0 Å². The minimum Gasteiger partial charge on any atom is -0.256 e. The molecule has 150 valence electrons. The Hall–Kier alpha value is 0.01000. The highest BCUT2D eigenvalue weighted by Crippen LogP contribution is 2.63. The predicted octanol–water partition coefficient (Wildman–Crippen LogP) is 8.15. The molecule has 0 saturated carbocycles. The Morgan fingerprint density at radius 2 is 0.885 bits per heavy atom. The Balaban J connectivity index is 3.42. The molecule has 3 heteroatoms. The van der Waals surface area contributed by atoms with Crippen LogP contribution >= 0.6 is 15.8 Å². The highest BCUT2D eigenvalue weighted by molar-refractivity contribution is 7.60. The minimum atomic E-state index is -0.144. The molecule has 0 aromatic carbocycles. The molecular weight excluding hydrogens is 352 g/mol. The van der Waals surface area contributed by atoms with Crippen LogP contribution in [0.2, 0.25) is 0 Å². The third kappa shape index (κ3) is 5.08. The van der Waals surface area contributed by atoms with Crippen molar-refractivity contribution in [1.29, 1.82) is 0 Å². The average molecular weight is 396 g/mol. The van der Waals surface area contributed by atoms with Gasteiger partial charge in [-0.2, -0.15) is 0 Å². The maximum atomic E-state index is 5.32. The van der Waals surface area contributed by atoms with Gasteiger partial charge in [-0.15, -0.1) is 0 Å². The lowest BCUT2D eigenvalue weighted by Gasteiger charge is -2.43. The third-order valence-corrected chi connectivity index (χ3v) is 13.0. The summed E-state index contributed by atoms with van der Waals surface area (Å²) >= 11 is 0. The van der Waals surface area contributed by atoms with Gasteiger partial charge in [-0.05, 0) is 34.8 Å². The molecule has 0 fully saturated rings. The van der Waals surface area contributed by atoms with E-state index in [1.54, 1.807) is 0 Å². The van der Waals surface area contributed by atoms with Crippen LogP contribution in [0.5, 0.6) is 0 Å². The monoisotopic (exact) mass is 395 g/mol. The van der Waals surface area contributed by atoms with Crippen molar-refractivity contribution in [3.63, 3.8) is 0 Å². The Morgan fingerprint density at radius 1 is 0.615 bits per heavy atom. The summed E-state index contributed by atoms with van der Waals surface area (Å²) in [4.78, 5) is 5.32. The summed E-state index contributed by atoms with van der Waals surface area (Å²) in [7, 11) is -0.288. The molecule has 1 aromatic heterocycles. The fraction of sp³-hybridized carbons (Fsp3) is 0.783. The number of hydrogen-bond acceptors (Lipinski definition) is 1. The van der Waals surface area contributed by atoms with Crippen molar-refractivity contribution in [1.82, 2.24) is 4.98 Å². The molecule has 26 heavy (non-hydrogen) atoms. The fourth-order valence-electron chi connectivity index (χ4n) is 5.16. The summed E-state index contributed by atoms with van der Waals surface area (Å²) in [5.41, 5.74) is 5.42. The SMILES string of the molecule is CC(C)P(C(C)C)C(C)(C)c1cccc(C(C)(C)P(C(C)C)C(C)C)n1. The van der Waals surface area contributed by atoms with Crippen LogP contribution in [-0.4, -0.2) is 27.6 Å². The number of aromatic nitrogens is 1. The van der Waals surface area contributed by atoms with Gasteiger partial charge in [-0.25, -0.2) is 0 Å². The van der Waals surface area contributed by atoms with Gasteiger partial charge < -0.3 is 0 Å². The summed E-state index contributed by atoms with van der Waals surface area (Å²) in [6.07, 6.45) is 0. The molecule has 1 nitrogen and oxygen atoms in total. The van der Waals surface area contributed by atoms with Gasteiger partial charge in [0.2, 0.25) is 0 Å². The van der Waals surface area contributed by atoms with Gasteiger partial charge in [0.05, 0.1) is 11.4 Å². The van der Waals surface area contributed by atoms with Crippen LogP contribution < -0.4 is 0 Å². The zero-order valence-corrected chi connectivity index (χ0v) is 21.2. The predicted molar refractivity (Wildman–Crippen MR) is 125 cm³/mol. The molecule has 0 radical (unpaired) electrons. The van der Waals surface area contributed by atoms with E-state index in [-0.39, 0.29) is 26.2 Å². The largest absolute Gasteiger partial charge is 0.256 e. The Kier molecular flexibility index (Phi) is 8.33. The normalized spacial score (nSPS) is 13.9. The molecule has 0 spiro atoms. The molecule has 0 saturated heterocycles. The van der Waals surface area contributed by atoms with E-state index in [4.69, 9.17) is 4.98 Å². The standard InChI is InChI=1S/C23H43NP2/c1-16(2)25(17(3)4)22(9,10)20-14-13-15-21(24-20)23(11,12)26(18(5)6)19(7)8/h13-19H,1-12H3. The van der Waals surface area contributed by atoms with Crippen molar-refractivity contribution in [2.45, 2.75) is 116 Å². The van der Waals surface area contributed by atoms with Crippen LogP contribution in [-0.2, 0) is 10.3 Å². The second kappa shape index (κ2) is 9.01. The van der Waals surface area contributed by atoms with E-state index in [0.29, 0.717) is 22.6 Å². The molecule has 0 amide bonds. The van der Waals surface area contributed by atoms with Crippen molar-refractivity contribution in [2.24, 2.45) is 0 Å². The second-order valence-corrected chi connectivity index (χ2v) is 17.7. The number of nitrogens with zero attached hydrogens (tertiary/aromatic N) is 1. The van der Waals surface area contributed by atoms with Crippen LogP contribution in [0.3, 0.4) is 0 Å². The maximum Gasteiger partial charge on any atom is 0.0506 e. The van der Waals surface area contributed by atoms with E-state index in [1.807, 2.05) is 0 Å². The lowest BCUT2D eigenvalue weighted by atomic mass is 10.0.